The number of methoxy groups -OCH3 is 1. The van der Waals surface area contributed by atoms with E-state index in [0.29, 0.717) is 37.8 Å². The van der Waals surface area contributed by atoms with E-state index >= 15 is 0 Å². The van der Waals surface area contributed by atoms with E-state index in [4.69, 9.17) is 4.74 Å². The Balaban J connectivity index is 1.71. The van der Waals surface area contributed by atoms with E-state index < -0.39 is 0 Å². The van der Waals surface area contributed by atoms with Gasteiger partial charge in [0.1, 0.15) is 5.69 Å². The molecule has 0 saturated carbocycles. The monoisotopic (exact) mass is 384 g/mol. The van der Waals surface area contributed by atoms with Gasteiger partial charge in [0.05, 0.1) is 5.69 Å². The molecule has 0 atom stereocenters. The van der Waals surface area contributed by atoms with Gasteiger partial charge in [0.25, 0.3) is 11.8 Å². The molecule has 1 aliphatic heterocycles. The van der Waals surface area contributed by atoms with Gasteiger partial charge in [-0.05, 0) is 38.2 Å². The average Bonchev–Trinajstić information content (AvgIpc) is 3.10. The lowest BCUT2D eigenvalue weighted by Crippen LogP contribution is -2.27. The minimum absolute atomic E-state index is 0.223. The lowest BCUT2D eigenvalue weighted by atomic mass is 10.1. The van der Waals surface area contributed by atoms with Crippen molar-refractivity contribution in [1.29, 1.82) is 0 Å². The number of hydrogen-bond acceptors (Lipinski definition) is 4. The van der Waals surface area contributed by atoms with E-state index in [1.807, 2.05) is 35.8 Å². The summed E-state index contributed by atoms with van der Waals surface area (Å²) in [5.41, 5.74) is 3.44. The van der Waals surface area contributed by atoms with E-state index in [9.17, 15) is 9.59 Å². The largest absolute Gasteiger partial charge is 0.385 e. The van der Waals surface area contributed by atoms with Crippen molar-refractivity contribution in [3.63, 3.8) is 0 Å². The van der Waals surface area contributed by atoms with Crippen LogP contribution in [-0.4, -0.2) is 41.6 Å². The molecule has 2 heterocycles. The maximum atomic E-state index is 12.7. The topological polar surface area (TPSA) is 85.2 Å². The van der Waals surface area contributed by atoms with Crippen LogP contribution >= 0.6 is 0 Å². The Morgan fingerprint density at radius 1 is 1.14 bits per heavy atom. The van der Waals surface area contributed by atoms with Crippen molar-refractivity contribution in [1.82, 2.24) is 20.2 Å². The highest BCUT2D eigenvalue weighted by Crippen LogP contribution is 2.21. The molecule has 2 N–H and O–H groups in total. The third kappa shape index (κ3) is 4.78. The molecule has 0 saturated heterocycles. The summed E-state index contributed by atoms with van der Waals surface area (Å²) < 4.78 is 6.90. The second-order valence-corrected chi connectivity index (χ2v) is 7.11. The Morgan fingerprint density at radius 3 is 2.68 bits per heavy atom. The molecule has 150 valence electrons. The molecule has 0 bridgehead atoms. The van der Waals surface area contributed by atoms with Crippen LogP contribution in [0.25, 0.3) is 0 Å². The fraction of sp³-hybridized carbons (Fsp3) is 0.476. The van der Waals surface area contributed by atoms with Gasteiger partial charge in [0, 0.05) is 33.4 Å². The highest BCUT2D eigenvalue weighted by atomic mass is 16.5. The molecule has 0 radical (unpaired) electrons. The Bertz CT molecular complexity index is 827. The van der Waals surface area contributed by atoms with Crippen molar-refractivity contribution in [2.24, 2.45) is 0 Å². The van der Waals surface area contributed by atoms with Gasteiger partial charge in [-0.1, -0.05) is 29.8 Å². The van der Waals surface area contributed by atoms with Crippen LogP contribution in [0.15, 0.2) is 24.3 Å². The van der Waals surface area contributed by atoms with Crippen molar-refractivity contribution < 1.29 is 14.3 Å². The average molecular weight is 384 g/mol. The van der Waals surface area contributed by atoms with E-state index in [0.717, 1.165) is 36.9 Å². The van der Waals surface area contributed by atoms with Gasteiger partial charge < -0.3 is 19.9 Å². The normalized spacial score (nSPS) is 13.1. The third-order valence-electron chi connectivity index (χ3n) is 4.92. The van der Waals surface area contributed by atoms with Crippen molar-refractivity contribution in [2.45, 2.75) is 45.7 Å². The number of rotatable bonds is 8. The van der Waals surface area contributed by atoms with Crippen molar-refractivity contribution in [3.05, 3.63) is 52.6 Å². The lowest BCUT2D eigenvalue weighted by molar-refractivity contribution is 0.0934. The molecular weight excluding hydrogens is 356 g/mol. The molecule has 3 rings (SSSR count). The number of ether oxygens (including phenoxy) is 1. The molecule has 1 aromatic carbocycles. The Morgan fingerprint density at radius 2 is 1.93 bits per heavy atom. The number of aromatic nitrogens is 2. The number of nitrogens with one attached hydrogen (secondary N) is 2. The number of nitrogens with zero attached hydrogens (tertiary/aromatic N) is 2. The van der Waals surface area contributed by atoms with Crippen molar-refractivity contribution in [2.75, 3.05) is 20.3 Å². The van der Waals surface area contributed by atoms with Crippen LogP contribution in [0.2, 0.25) is 0 Å². The van der Waals surface area contributed by atoms with E-state index in [1.165, 1.54) is 5.56 Å². The van der Waals surface area contributed by atoms with Crippen LogP contribution in [0.5, 0.6) is 0 Å². The fourth-order valence-corrected chi connectivity index (χ4v) is 3.37. The smallest absolute Gasteiger partial charge is 0.287 e. The van der Waals surface area contributed by atoms with Gasteiger partial charge in [0.2, 0.25) is 0 Å². The summed E-state index contributed by atoms with van der Waals surface area (Å²) in [7, 11) is 1.63. The molecular formula is C21H28N4O3. The van der Waals surface area contributed by atoms with Crippen LogP contribution in [0.3, 0.4) is 0 Å². The van der Waals surface area contributed by atoms with Crippen LogP contribution < -0.4 is 10.6 Å². The standard InChI is InChI=1S/C21H28N4O3/c1-15-7-9-16(10-8-15)14-23-21(27)19-24-18(17-6-3-4-12-25(17)19)20(26)22-11-5-13-28-2/h7-10H,3-6,11-14H2,1-2H3,(H,22,26)(H,23,27). The van der Waals surface area contributed by atoms with Gasteiger partial charge in [-0.3, -0.25) is 9.59 Å². The molecule has 2 amide bonds. The summed E-state index contributed by atoms with van der Waals surface area (Å²) in [4.78, 5) is 29.7. The minimum atomic E-state index is -0.248. The summed E-state index contributed by atoms with van der Waals surface area (Å²) in [5, 5.41) is 5.80. The zero-order chi connectivity index (χ0) is 19.9. The molecule has 1 aliphatic rings. The summed E-state index contributed by atoms with van der Waals surface area (Å²) in [6.45, 7) is 4.29. The van der Waals surface area contributed by atoms with E-state index in [1.54, 1.807) is 7.11 Å². The highest BCUT2D eigenvalue weighted by molar-refractivity contribution is 5.97. The zero-order valence-electron chi connectivity index (χ0n) is 16.6. The molecule has 28 heavy (non-hydrogen) atoms. The van der Waals surface area contributed by atoms with Gasteiger partial charge in [-0.25, -0.2) is 4.98 Å². The van der Waals surface area contributed by atoms with Crippen molar-refractivity contribution >= 4 is 11.8 Å². The number of benzene rings is 1. The van der Waals surface area contributed by atoms with Crippen LogP contribution in [0, 0.1) is 6.92 Å². The van der Waals surface area contributed by atoms with Crippen LogP contribution in [0.4, 0.5) is 0 Å². The maximum absolute atomic E-state index is 12.7. The van der Waals surface area contributed by atoms with Crippen molar-refractivity contribution in [3.8, 4) is 0 Å². The summed E-state index contributed by atoms with van der Waals surface area (Å²) >= 11 is 0. The fourth-order valence-electron chi connectivity index (χ4n) is 3.37. The van der Waals surface area contributed by atoms with Gasteiger partial charge >= 0.3 is 0 Å². The first-order chi connectivity index (χ1) is 13.6. The molecule has 1 aromatic heterocycles. The molecule has 7 heteroatoms. The molecule has 0 unspecified atom stereocenters. The molecule has 0 aliphatic carbocycles. The number of fused-ring (bicyclic) bond motifs is 1. The Labute approximate surface area is 165 Å². The highest BCUT2D eigenvalue weighted by Gasteiger charge is 2.27. The first-order valence-electron chi connectivity index (χ1n) is 9.80. The van der Waals surface area contributed by atoms with Gasteiger partial charge in [0.15, 0.2) is 5.82 Å². The number of imidazole rings is 1. The third-order valence-corrected chi connectivity index (χ3v) is 4.92. The molecule has 0 spiro atoms. The number of hydrogen-bond donors (Lipinski definition) is 2. The summed E-state index contributed by atoms with van der Waals surface area (Å²) in [5.74, 6) is -0.148. The summed E-state index contributed by atoms with van der Waals surface area (Å²) in [6.07, 6.45) is 3.48. The first kappa shape index (κ1) is 20.1. The zero-order valence-corrected chi connectivity index (χ0v) is 16.6. The van der Waals surface area contributed by atoms with E-state index in [-0.39, 0.29) is 11.8 Å². The SMILES string of the molecule is COCCCNC(=O)c1nc(C(=O)NCc2ccc(C)cc2)n2c1CCCC2. The number of carbonyl (C=O) groups excluding carboxylic acids is 2. The molecule has 0 fully saturated rings. The minimum Gasteiger partial charge on any atom is -0.385 e. The number of amides is 2. The predicted octanol–water partition coefficient (Wildman–Crippen LogP) is 2.22. The Hall–Kier alpha value is -2.67. The van der Waals surface area contributed by atoms with E-state index in [2.05, 4.69) is 15.6 Å². The second kappa shape index (κ2) is 9.50. The Kier molecular flexibility index (Phi) is 6.81. The molecule has 2 aromatic rings. The number of carbonyl (C=O) groups is 2. The predicted molar refractivity (Wildman–Crippen MR) is 106 cm³/mol. The maximum Gasteiger partial charge on any atom is 0.287 e. The first-order valence-corrected chi connectivity index (χ1v) is 9.80. The van der Waals surface area contributed by atoms with Gasteiger partial charge in [-0.2, -0.15) is 0 Å². The quantitative estimate of drug-likeness (QED) is 0.684. The number of aryl methyl sites for hydroxylation is 1. The summed E-state index contributed by atoms with van der Waals surface area (Å²) in [6, 6.07) is 8.03. The second-order valence-electron chi connectivity index (χ2n) is 7.11. The van der Waals surface area contributed by atoms with Gasteiger partial charge in [-0.15, -0.1) is 0 Å². The van der Waals surface area contributed by atoms with Crippen LogP contribution in [0.1, 0.15) is 57.2 Å². The van der Waals surface area contributed by atoms with Crippen LogP contribution in [-0.2, 0) is 24.2 Å². The lowest BCUT2D eigenvalue weighted by Gasteiger charge is -2.17. The molecule has 7 nitrogen and oxygen atoms in total.